The molecular weight excluding hydrogens is 617 g/mol. The van der Waals surface area contributed by atoms with Crippen LogP contribution in [0, 0.1) is 0 Å². The van der Waals surface area contributed by atoms with Crippen LogP contribution in [0.3, 0.4) is 0 Å². The summed E-state index contributed by atoms with van der Waals surface area (Å²) in [4.78, 5) is 8.33. The van der Waals surface area contributed by atoms with Crippen molar-refractivity contribution in [3.63, 3.8) is 0 Å². The van der Waals surface area contributed by atoms with Crippen molar-refractivity contribution >= 4 is 21.9 Å². The van der Waals surface area contributed by atoms with Gasteiger partial charge >= 0.3 is 18.9 Å². The van der Waals surface area contributed by atoms with Crippen molar-refractivity contribution in [2.24, 2.45) is 0 Å². The van der Waals surface area contributed by atoms with Crippen LogP contribution in [0.4, 0.5) is 0 Å². The summed E-state index contributed by atoms with van der Waals surface area (Å²) in [5.74, 6) is 0.985. The molecule has 2 aromatic heterocycles. The molecule has 0 saturated heterocycles. The average molecular weight is 653 g/mol. The summed E-state index contributed by atoms with van der Waals surface area (Å²) < 4.78 is 2.28. The maximum atomic E-state index is 13.5. The first-order valence-corrected chi connectivity index (χ1v) is 17.3. The quantitative estimate of drug-likeness (QED) is 0.193. The van der Waals surface area contributed by atoms with Crippen LogP contribution in [0.5, 0.6) is 5.75 Å². The standard InChI is InChI=1S/C46H35N3O.Li/c1-45(2)36-23-28(31-19-16-27-11-10-22-47-42(27)43(31)50)17-20-32(36)34-25-39-35(26-38(34)45)33-21-18-29(24-37(33)46(39,3)4)44-48-40-14-8-9-15-41(40)49(44)30-12-6-5-7-13-30;/h5-26,50H,1-4H3;/q;+1. The van der Waals surface area contributed by atoms with Gasteiger partial charge in [-0.2, -0.15) is 0 Å². The van der Waals surface area contributed by atoms with Crippen molar-refractivity contribution in [1.82, 2.24) is 9.55 Å². The smallest absolute Gasteiger partial charge is 0.868 e. The van der Waals surface area contributed by atoms with Crippen LogP contribution in [-0.4, -0.2) is 9.55 Å². The predicted molar refractivity (Wildman–Crippen MR) is 201 cm³/mol. The van der Waals surface area contributed by atoms with Crippen LogP contribution in [0.1, 0.15) is 49.9 Å². The fraction of sp³-hybridized carbons (Fsp3) is 0.130. The van der Waals surface area contributed by atoms with Crippen molar-refractivity contribution in [2.45, 2.75) is 38.5 Å². The molecule has 0 saturated carbocycles. The van der Waals surface area contributed by atoms with Gasteiger partial charge in [-0.3, -0.25) is 4.57 Å². The second-order valence-electron chi connectivity index (χ2n) is 14.9. The Morgan fingerprint density at radius 1 is 0.569 bits per heavy atom. The van der Waals surface area contributed by atoms with Gasteiger partial charge in [-0.1, -0.05) is 88.4 Å². The maximum absolute atomic E-state index is 13.5. The summed E-state index contributed by atoms with van der Waals surface area (Å²) in [7, 11) is 0. The third-order valence-electron chi connectivity index (χ3n) is 11.4. The van der Waals surface area contributed by atoms with Crippen molar-refractivity contribution < 1.29 is 29.0 Å². The van der Waals surface area contributed by atoms with Gasteiger partial charge in [-0.25, -0.2) is 9.97 Å². The molecule has 0 spiro atoms. The van der Waals surface area contributed by atoms with Crippen molar-refractivity contribution in [3.05, 3.63) is 156 Å². The number of rotatable bonds is 3. The van der Waals surface area contributed by atoms with Gasteiger partial charge in [0, 0.05) is 33.5 Å². The number of imidazole rings is 1. The minimum atomic E-state index is -0.227. The summed E-state index contributed by atoms with van der Waals surface area (Å²) in [6.45, 7) is 9.34. The number of benzene rings is 6. The topological polar surface area (TPSA) is 55.0 Å². The Morgan fingerprint density at radius 2 is 1.16 bits per heavy atom. The molecule has 4 nitrogen and oxygen atoms in total. The Morgan fingerprint density at radius 3 is 1.86 bits per heavy atom. The van der Waals surface area contributed by atoms with E-state index in [0.29, 0.717) is 5.52 Å². The van der Waals surface area contributed by atoms with E-state index in [-0.39, 0.29) is 35.4 Å². The van der Waals surface area contributed by atoms with Gasteiger partial charge in [0.1, 0.15) is 5.82 Å². The Balaban J connectivity index is 0.00000348. The van der Waals surface area contributed by atoms with Gasteiger partial charge < -0.3 is 5.11 Å². The van der Waals surface area contributed by atoms with Gasteiger partial charge in [0.25, 0.3) is 0 Å². The average Bonchev–Trinajstić information content (AvgIpc) is 3.71. The number of hydrogen-bond acceptors (Lipinski definition) is 2. The Bertz CT molecular complexity index is 2720. The minimum absolute atomic E-state index is 0. The molecule has 5 heteroatoms. The molecule has 0 atom stereocenters. The van der Waals surface area contributed by atoms with Gasteiger partial charge in [-0.15, -0.1) is 0 Å². The first-order valence-electron chi connectivity index (χ1n) is 17.3. The first kappa shape index (κ1) is 31.6. The number of nitrogens with one attached hydrogen (secondary N) is 1. The SMILES string of the molecule is CC1(C)c2cc(-c3ccc4ccc[nH+]c4c3[O-])ccc2-c2cc3c(cc21)-c1ccc(-c2nc4ccccc4n2-c2ccccc2)cc1C3(C)C.[Li+]. The molecule has 0 radical (unpaired) electrons. The molecular formula is C46H35LiN3O+. The van der Waals surface area contributed by atoms with Gasteiger partial charge in [0.05, 0.1) is 11.0 Å². The zero-order valence-corrected chi connectivity index (χ0v) is 29.5. The second kappa shape index (κ2) is 11.0. The van der Waals surface area contributed by atoms with E-state index in [2.05, 4.69) is 140 Å². The van der Waals surface area contributed by atoms with Gasteiger partial charge in [-0.05, 0) is 122 Å². The molecule has 0 amide bonds. The monoisotopic (exact) mass is 652 g/mol. The normalized spacial score (nSPS) is 14.5. The van der Waals surface area contributed by atoms with E-state index in [9.17, 15) is 5.11 Å². The van der Waals surface area contributed by atoms with Crippen LogP contribution >= 0.6 is 0 Å². The number of para-hydroxylation sites is 3. The third-order valence-corrected chi connectivity index (χ3v) is 11.4. The summed E-state index contributed by atoms with van der Waals surface area (Å²) in [5, 5.41) is 14.5. The molecule has 2 heterocycles. The largest absolute Gasteiger partial charge is 1.00 e. The molecule has 0 aliphatic heterocycles. The van der Waals surface area contributed by atoms with Crippen LogP contribution in [0.2, 0.25) is 0 Å². The van der Waals surface area contributed by atoms with E-state index in [1.807, 2.05) is 30.5 Å². The number of fused-ring (bicyclic) bond motifs is 8. The Labute approximate surface area is 309 Å². The number of aromatic nitrogens is 3. The molecule has 8 aromatic rings. The van der Waals surface area contributed by atoms with E-state index in [1.165, 1.54) is 44.5 Å². The third kappa shape index (κ3) is 4.40. The van der Waals surface area contributed by atoms with Crippen molar-refractivity contribution in [1.29, 1.82) is 0 Å². The van der Waals surface area contributed by atoms with Gasteiger partial charge in [0.2, 0.25) is 5.52 Å². The molecule has 0 fully saturated rings. The van der Waals surface area contributed by atoms with E-state index in [0.717, 1.165) is 44.6 Å². The van der Waals surface area contributed by atoms with E-state index >= 15 is 0 Å². The molecule has 0 bridgehead atoms. The van der Waals surface area contributed by atoms with Crippen molar-refractivity contribution in [2.75, 3.05) is 0 Å². The van der Waals surface area contributed by atoms with Crippen LogP contribution in [0.15, 0.2) is 134 Å². The molecule has 6 aromatic carbocycles. The number of aromatic amines is 1. The second-order valence-corrected chi connectivity index (χ2v) is 14.9. The van der Waals surface area contributed by atoms with E-state index in [4.69, 9.17) is 4.98 Å². The van der Waals surface area contributed by atoms with Crippen molar-refractivity contribution in [3.8, 4) is 56.2 Å². The van der Waals surface area contributed by atoms with Crippen LogP contribution in [-0.2, 0) is 10.8 Å². The number of H-pyrrole nitrogens is 1. The Kier molecular flexibility index (Phi) is 6.84. The Hall–Kier alpha value is -5.40. The molecule has 10 rings (SSSR count). The summed E-state index contributed by atoms with van der Waals surface area (Å²) >= 11 is 0. The molecule has 2 aliphatic rings. The summed E-state index contributed by atoms with van der Waals surface area (Å²) in [6.07, 6.45) is 1.82. The fourth-order valence-electron chi connectivity index (χ4n) is 8.72. The summed E-state index contributed by atoms with van der Waals surface area (Å²) in [6, 6.07) is 45.2. The maximum Gasteiger partial charge on any atom is 1.00 e. The van der Waals surface area contributed by atoms with E-state index in [1.54, 1.807) is 0 Å². The first-order chi connectivity index (χ1) is 24.2. The zero-order chi connectivity index (χ0) is 33.9. The molecule has 0 unspecified atom stereocenters. The zero-order valence-electron chi connectivity index (χ0n) is 29.5. The fourth-order valence-corrected chi connectivity index (χ4v) is 8.72. The number of hydrogen-bond donors (Lipinski definition) is 0. The van der Waals surface area contributed by atoms with Crippen LogP contribution < -0.4 is 29.0 Å². The molecule has 1 N–H and O–H groups in total. The molecule has 240 valence electrons. The molecule has 2 aliphatic carbocycles. The van der Waals surface area contributed by atoms with Crippen LogP contribution in [0.25, 0.3) is 72.4 Å². The number of pyridine rings is 1. The molecule has 51 heavy (non-hydrogen) atoms. The summed E-state index contributed by atoms with van der Waals surface area (Å²) in [5.41, 5.74) is 16.6. The number of nitrogens with zero attached hydrogens (tertiary/aromatic N) is 2. The predicted octanol–water partition coefficient (Wildman–Crippen LogP) is 7.02. The minimum Gasteiger partial charge on any atom is -0.868 e. The van der Waals surface area contributed by atoms with Gasteiger partial charge in [0.15, 0.2) is 6.20 Å². The van der Waals surface area contributed by atoms with E-state index < -0.39 is 0 Å².